The molecule has 10 aromatic heterocycles. The summed E-state index contributed by atoms with van der Waals surface area (Å²) in [5.41, 5.74) is 13.5. The lowest BCUT2D eigenvalue weighted by Crippen LogP contribution is -2.20. The molecule has 10 heterocycles. The molecular formula is C108H160N16O3. The molecule has 127 heavy (non-hydrogen) atoms. The van der Waals surface area contributed by atoms with Crippen molar-refractivity contribution >= 4 is 0 Å². The summed E-state index contributed by atoms with van der Waals surface area (Å²) in [5.74, 6) is 9.67. The molecule has 0 radical (unpaired) electrons. The van der Waals surface area contributed by atoms with Crippen molar-refractivity contribution in [1.82, 2.24) is 79.0 Å². The van der Waals surface area contributed by atoms with E-state index in [-0.39, 0.29) is 16.7 Å². The van der Waals surface area contributed by atoms with Gasteiger partial charge in [0.15, 0.2) is 0 Å². The van der Waals surface area contributed by atoms with Crippen molar-refractivity contribution in [3.8, 4) is 0 Å². The van der Waals surface area contributed by atoms with E-state index >= 15 is 0 Å². The molecule has 0 saturated carbocycles. The molecule has 690 valence electrons. The largest absolute Gasteiger partial charge is 0.319 e. The van der Waals surface area contributed by atoms with Gasteiger partial charge in [0, 0.05) is 144 Å². The van der Waals surface area contributed by atoms with E-state index in [0.717, 1.165) is 116 Å². The van der Waals surface area contributed by atoms with E-state index in [1.165, 1.54) is 39.8 Å². The maximum Gasteiger partial charge on any atom is 0.253 e. The molecule has 0 aliphatic heterocycles. The van der Waals surface area contributed by atoms with Gasteiger partial charge in [-0.25, -0.2) is 29.9 Å². The summed E-state index contributed by atoms with van der Waals surface area (Å²) < 4.78 is 4.83. The Balaban J connectivity index is 0.000000693. The zero-order valence-electron chi connectivity index (χ0n) is 82.8. The standard InChI is InChI=1S/C11H16.3C10H15NO.C10H14.C9H13N.6C8H12N2/c1-9(2)10(3)11-7-5-4-6-8-11;1-8(2)6-9-4-5-11(3)10(12)7-9;1-8(2)6-9-4-5-10(12)11(3)7-9;1-8(2)7-9-5-4-6-11(3)10(9)12;1-9(2)8-10-6-4-3-5-7-10;1-8(2)6-9-4-3-5-10-7-9;1-7(2)3-8-4-9-6-10-5-8;1-7(2)5-8-6-9-3-4-10-8;1-7(2)5-8-3-4-9-6-10-8;1-7(2)5-8-3-4-9-10-6-8;1-7(2)6-8-9-4-3-5-10-8;1-7(2)6-8-4-3-5-9-10-8/h4-10H,1-3H3;2*4-5,7-8H,6H2,1-3H3;4-6,8H,7H2,1-3H3;3-7,9H,8H2,1-2H3;3-5,7-8H,6H2,1-2H3;4-7H,3H2,1-2H3;3*3-4,6-7H,5H2,1-2H3;2*3-5,7H,6H2,1-2H3. The van der Waals surface area contributed by atoms with Crippen molar-refractivity contribution in [2.45, 2.75) is 250 Å². The Morgan fingerprint density at radius 1 is 0.276 bits per heavy atom. The van der Waals surface area contributed by atoms with E-state index in [1.54, 1.807) is 109 Å². The van der Waals surface area contributed by atoms with Gasteiger partial charge in [-0.05, 0) is 229 Å². The number of nitrogens with zero attached hydrogens (tertiary/aromatic N) is 16. The third-order valence-corrected chi connectivity index (χ3v) is 18.1. The summed E-state index contributed by atoms with van der Waals surface area (Å²) in [6.45, 7) is 54.8. The van der Waals surface area contributed by atoms with Gasteiger partial charge in [0.25, 0.3) is 11.1 Å². The molecule has 0 spiro atoms. The predicted molar refractivity (Wildman–Crippen MR) is 532 cm³/mol. The maximum absolute atomic E-state index is 11.5. The van der Waals surface area contributed by atoms with Gasteiger partial charge in [-0.15, -0.1) is 0 Å². The van der Waals surface area contributed by atoms with Crippen molar-refractivity contribution in [2.24, 2.45) is 92.2 Å². The highest BCUT2D eigenvalue weighted by molar-refractivity contribution is 5.20. The van der Waals surface area contributed by atoms with Crippen LogP contribution >= 0.6 is 0 Å². The fourth-order valence-corrected chi connectivity index (χ4v) is 12.1. The van der Waals surface area contributed by atoms with Gasteiger partial charge in [-0.1, -0.05) is 252 Å². The SMILES string of the molecule is CC(C)C(C)c1ccccc1.CC(C)Cc1ccc(=O)n(C)c1.CC(C)Cc1ccccc1.CC(C)Cc1cccn(C)c1=O.CC(C)Cc1cccnc1.CC(C)Cc1cccnn1.CC(C)Cc1ccn(C)c(=O)c1.CC(C)Cc1ccncn1.CC(C)Cc1ccnnc1.CC(C)Cc1cnccn1.CC(C)Cc1cncnc1.CC(C)Cc1ncccn1. The van der Waals surface area contributed by atoms with Crippen LogP contribution in [0, 0.1) is 71.0 Å². The Morgan fingerprint density at radius 2 is 0.780 bits per heavy atom. The van der Waals surface area contributed by atoms with Crippen LogP contribution in [0.1, 0.15) is 246 Å². The minimum absolute atomic E-state index is 0.0579. The lowest BCUT2D eigenvalue weighted by molar-refractivity contribution is 0.535. The zero-order chi connectivity index (χ0) is 94.9. The normalized spacial score (nSPS) is 10.7. The number of pyridine rings is 4. The van der Waals surface area contributed by atoms with Gasteiger partial charge in [0.1, 0.15) is 18.5 Å². The molecule has 12 rings (SSSR count). The molecule has 19 heteroatoms. The minimum atomic E-state index is 0.0579. The van der Waals surface area contributed by atoms with Crippen molar-refractivity contribution in [2.75, 3.05) is 0 Å². The Labute approximate surface area is 766 Å². The molecule has 12 aromatic rings. The maximum atomic E-state index is 11.5. The lowest BCUT2D eigenvalue weighted by Gasteiger charge is -2.15. The molecule has 0 bridgehead atoms. The first-order valence-corrected chi connectivity index (χ1v) is 45.8. The molecule has 0 amide bonds. The first-order valence-electron chi connectivity index (χ1n) is 45.8. The molecule has 19 nitrogen and oxygen atoms in total. The summed E-state index contributed by atoms with van der Waals surface area (Å²) in [5, 5.41) is 15.2. The van der Waals surface area contributed by atoms with Gasteiger partial charge in [0.2, 0.25) is 5.56 Å². The molecule has 1 atom stereocenters. The smallest absolute Gasteiger partial charge is 0.253 e. The van der Waals surface area contributed by atoms with Gasteiger partial charge >= 0.3 is 0 Å². The second-order valence-electron chi connectivity index (χ2n) is 37.1. The van der Waals surface area contributed by atoms with Gasteiger partial charge in [0.05, 0.1) is 17.6 Å². The second-order valence-corrected chi connectivity index (χ2v) is 37.1. The van der Waals surface area contributed by atoms with E-state index < -0.39 is 0 Å². The van der Waals surface area contributed by atoms with Crippen molar-refractivity contribution in [1.29, 1.82) is 0 Å². The number of benzene rings is 2. The Kier molecular flexibility index (Phi) is 62.0. The molecule has 1 unspecified atom stereocenters. The summed E-state index contributed by atoms with van der Waals surface area (Å²) >= 11 is 0. The number of rotatable bonds is 24. The van der Waals surface area contributed by atoms with Crippen LogP contribution in [0.15, 0.2) is 266 Å². The second kappa shape index (κ2) is 69.1. The van der Waals surface area contributed by atoms with E-state index in [1.807, 2.05) is 110 Å². The van der Waals surface area contributed by atoms with Crippen LogP contribution in [0.2, 0.25) is 0 Å². The van der Waals surface area contributed by atoms with Crippen molar-refractivity contribution in [3.63, 3.8) is 0 Å². The molecule has 2 aromatic carbocycles. The van der Waals surface area contributed by atoms with Crippen LogP contribution in [0.5, 0.6) is 0 Å². The topological polar surface area (TPSA) is 234 Å². The van der Waals surface area contributed by atoms with Crippen molar-refractivity contribution < 1.29 is 0 Å². The number of hydrogen-bond acceptors (Lipinski definition) is 16. The fourth-order valence-electron chi connectivity index (χ4n) is 12.1. The third kappa shape index (κ3) is 62.7. The van der Waals surface area contributed by atoms with Crippen LogP contribution < -0.4 is 16.7 Å². The molecule has 0 aliphatic rings. The van der Waals surface area contributed by atoms with E-state index in [0.29, 0.717) is 59.2 Å². The van der Waals surface area contributed by atoms with Crippen LogP contribution in [-0.4, -0.2) is 79.0 Å². The number of aryl methyl sites for hydroxylation is 3. The quantitative estimate of drug-likeness (QED) is 0.0547. The van der Waals surface area contributed by atoms with E-state index in [4.69, 9.17) is 0 Å². The van der Waals surface area contributed by atoms with Crippen LogP contribution in [0.25, 0.3) is 0 Å². The molecule has 0 aliphatic carbocycles. The highest BCUT2D eigenvalue weighted by Gasteiger charge is 2.10. The Morgan fingerprint density at radius 3 is 1.27 bits per heavy atom. The average molecular weight is 1730 g/mol. The molecule has 0 N–H and O–H groups in total. The highest BCUT2D eigenvalue weighted by Crippen LogP contribution is 2.23. The number of hydrogen-bond donors (Lipinski definition) is 0. The van der Waals surface area contributed by atoms with Crippen LogP contribution in [0.4, 0.5) is 0 Å². The van der Waals surface area contributed by atoms with Gasteiger partial charge in [-0.3, -0.25) is 29.3 Å². The van der Waals surface area contributed by atoms with Gasteiger partial charge in [-0.2, -0.15) is 20.4 Å². The average Bonchev–Trinajstić information content (AvgIpc) is 0.882. The number of aromatic nitrogens is 16. The predicted octanol–water partition coefficient (Wildman–Crippen LogP) is 23.4. The van der Waals surface area contributed by atoms with Crippen molar-refractivity contribution in [3.05, 3.63) is 350 Å². The minimum Gasteiger partial charge on any atom is -0.319 e. The molecule has 0 saturated heterocycles. The van der Waals surface area contributed by atoms with E-state index in [9.17, 15) is 14.4 Å². The summed E-state index contributed by atoms with van der Waals surface area (Å²) in [6.07, 6.45) is 43.4. The highest BCUT2D eigenvalue weighted by atomic mass is 16.1. The molecule has 0 fully saturated rings. The first kappa shape index (κ1) is 114. The fraction of sp³-hybridized carbons (Fsp3) is 0.481. The summed E-state index contributed by atoms with van der Waals surface area (Å²) in [6, 6.07) is 46.2. The summed E-state index contributed by atoms with van der Waals surface area (Å²) in [7, 11) is 5.33. The molecular weight excluding hydrogens is 1570 g/mol. The van der Waals surface area contributed by atoms with Crippen LogP contribution in [0.3, 0.4) is 0 Å². The monoisotopic (exact) mass is 1730 g/mol. The lowest BCUT2D eigenvalue weighted by atomic mass is 9.91. The Bertz CT molecular complexity index is 4220. The zero-order valence-corrected chi connectivity index (χ0v) is 82.8. The summed E-state index contributed by atoms with van der Waals surface area (Å²) in [4.78, 5) is 69.9. The Hall–Kier alpha value is -11.1. The van der Waals surface area contributed by atoms with Crippen LogP contribution in [-0.2, 0) is 91.8 Å². The van der Waals surface area contributed by atoms with E-state index in [2.05, 4.69) is 305 Å². The van der Waals surface area contributed by atoms with Gasteiger partial charge < -0.3 is 13.7 Å². The first-order chi connectivity index (χ1) is 60.3. The third-order valence-electron chi connectivity index (χ3n) is 18.1.